The van der Waals surface area contributed by atoms with E-state index >= 15 is 0 Å². The Balaban J connectivity index is 2.18. The molecule has 5 nitrogen and oxygen atoms in total. The van der Waals surface area contributed by atoms with Gasteiger partial charge in [-0.05, 0) is 25.2 Å². The van der Waals surface area contributed by atoms with Gasteiger partial charge in [0.25, 0.3) is 10.0 Å². The highest BCUT2D eigenvalue weighted by atomic mass is 32.2. The van der Waals surface area contributed by atoms with Crippen molar-refractivity contribution in [2.24, 2.45) is 11.8 Å². The van der Waals surface area contributed by atoms with Gasteiger partial charge >= 0.3 is 0 Å². The molecule has 1 aromatic rings. The van der Waals surface area contributed by atoms with Crippen LogP contribution in [0.4, 0.5) is 0 Å². The zero-order valence-corrected chi connectivity index (χ0v) is 11.3. The fraction of sp³-hybridized carbons (Fsp3) is 0.727. The number of sulfonamides is 1. The molecule has 0 aliphatic carbocycles. The van der Waals surface area contributed by atoms with Crippen LogP contribution in [0.5, 0.6) is 0 Å². The molecule has 1 atom stereocenters. The normalized spacial score (nSPS) is 22.5. The van der Waals surface area contributed by atoms with Crippen molar-refractivity contribution in [3.8, 4) is 0 Å². The van der Waals surface area contributed by atoms with E-state index in [1.165, 1.54) is 6.20 Å². The number of nitrogens with one attached hydrogen (secondary N) is 1. The van der Waals surface area contributed by atoms with Gasteiger partial charge in [-0.3, -0.25) is 0 Å². The summed E-state index contributed by atoms with van der Waals surface area (Å²) in [6.07, 6.45) is 2.34. The summed E-state index contributed by atoms with van der Waals surface area (Å²) < 4.78 is 26.1. The third kappa shape index (κ3) is 2.37. The highest BCUT2D eigenvalue weighted by Gasteiger charge is 2.34. The van der Waals surface area contributed by atoms with E-state index in [-0.39, 0.29) is 5.03 Å². The number of hydrogen-bond donors (Lipinski definition) is 1. The van der Waals surface area contributed by atoms with Gasteiger partial charge in [-0.1, -0.05) is 13.8 Å². The Hall–Kier alpha value is -0.880. The Labute approximate surface area is 102 Å². The molecule has 0 spiro atoms. The minimum Gasteiger partial charge on any atom is -0.332 e. The third-order valence-corrected chi connectivity index (χ3v) is 5.20. The first-order chi connectivity index (χ1) is 7.91. The van der Waals surface area contributed by atoms with Crippen LogP contribution in [0, 0.1) is 18.8 Å². The maximum Gasteiger partial charge on any atom is 0.260 e. The van der Waals surface area contributed by atoms with Crippen LogP contribution in [0.3, 0.4) is 0 Å². The number of H-pyrrole nitrogens is 1. The van der Waals surface area contributed by atoms with Crippen LogP contribution >= 0.6 is 0 Å². The second-order valence-electron chi connectivity index (χ2n) is 4.99. The minimum atomic E-state index is -3.37. The molecule has 1 N–H and O–H groups in total. The lowest BCUT2D eigenvalue weighted by molar-refractivity contribution is 0.388. The highest BCUT2D eigenvalue weighted by molar-refractivity contribution is 7.89. The topological polar surface area (TPSA) is 66.1 Å². The van der Waals surface area contributed by atoms with Crippen LogP contribution in [-0.2, 0) is 10.0 Å². The number of rotatable bonds is 3. The fourth-order valence-electron chi connectivity index (χ4n) is 2.18. The molecule has 1 unspecified atom stereocenters. The van der Waals surface area contributed by atoms with E-state index in [0.29, 0.717) is 30.7 Å². The van der Waals surface area contributed by atoms with Gasteiger partial charge in [-0.15, -0.1) is 0 Å². The fourth-order valence-corrected chi connectivity index (χ4v) is 3.66. The summed E-state index contributed by atoms with van der Waals surface area (Å²) in [5.74, 6) is 1.62. The molecule has 1 aromatic heterocycles. The lowest BCUT2D eigenvalue weighted by Gasteiger charge is -2.16. The SMILES string of the molecule is Cc1ncc(S(=O)(=O)N2CCC(C(C)C)C2)[nH]1. The smallest absolute Gasteiger partial charge is 0.260 e. The lowest BCUT2D eigenvalue weighted by Crippen LogP contribution is -2.29. The Morgan fingerprint density at radius 3 is 2.71 bits per heavy atom. The molecule has 2 heterocycles. The predicted molar refractivity (Wildman–Crippen MR) is 65.0 cm³/mol. The van der Waals surface area contributed by atoms with Gasteiger partial charge in [0.2, 0.25) is 0 Å². The number of nitrogens with zero attached hydrogens (tertiary/aromatic N) is 2. The van der Waals surface area contributed by atoms with Crippen molar-refractivity contribution in [2.75, 3.05) is 13.1 Å². The van der Waals surface area contributed by atoms with E-state index in [1.807, 2.05) is 0 Å². The van der Waals surface area contributed by atoms with Crippen molar-refractivity contribution in [3.05, 3.63) is 12.0 Å². The molecule has 0 radical (unpaired) electrons. The van der Waals surface area contributed by atoms with E-state index in [0.717, 1.165) is 6.42 Å². The lowest BCUT2D eigenvalue weighted by atomic mass is 9.96. The molecule has 17 heavy (non-hydrogen) atoms. The molecule has 96 valence electrons. The molecule has 1 aliphatic heterocycles. The van der Waals surface area contributed by atoms with Gasteiger partial charge in [0, 0.05) is 13.1 Å². The number of aromatic nitrogens is 2. The highest BCUT2D eigenvalue weighted by Crippen LogP contribution is 2.27. The summed E-state index contributed by atoms with van der Waals surface area (Å²) in [4.78, 5) is 6.74. The molecule has 1 aliphatic rings. The first kappa shape index (κ1) is 12.6. The summed E-state index contributed by atoms with van der Waals surface area (Å²) in [6.45, 7) is 7.27. The van der Waals surface area contributed by atoms with E-state index in [9.17, 15) is 8.42 Å². The molecule has 2 rings (SSSR count). The predicted octanol–water partition coefficient (Wildman–Crippen LogP) is 1.38. The number of aryl methyl sites for hydroxylation is 1. The zero-order chi connectivity index (χ0) is 12.6. The largest absolute Gasteiger partial charge is 0.332 e. The van der Waals surface area contributed by atoms with E-state index in [1.54, 1.807) is 11.2 Å². The van der Waals surface area contributed by atoms with Crippen LogP contribution in [0.2, 0.25) is 0 Å². The quantitative estimate of drug-likeness (QED) is 0.889. The van der Waals surface area contributed by atoms with Crippen LogP contribution < -0.4 is 0 Å². The summed E-state index contributed by atoms with van der Waals surface area (Å²) >= 11 is 0. The van der Waals surface area contributed by atoms with Gasteiger partial charge in [0.05, 0.1) is 6.20 Å². The average Bonchev–Trinajstić information content (AvgIpc) is 2.85. The summed E-state index contributed by atoms with van der Waals surface area (Å²) in [5.41, 5.74) is 0. The van der Waals surface area contributed by atoms with E-state index < -0.39 is 10.0 Å². The van der Waals surface area contributed by atoms with Crippen LogP contribution in [-0.4, -0.2) is 35.8 Å². The van der Waals surface area contributed by atoms with Gasteiger partial charge in [0.1, 0.15) is 5.82 Å². The Bertz CT molecular complexity index is 493. The summed E-state index contributed by atoms with van der Waals surface area (Å²) in [5, 5.41) is 0.208. The molecule has 0 aromatic carbocycles. The number of aromatic amines is 1. The Morgan fingerprint density at radius 1 is 1.53 bits per heavy atom. The van der Waals surface area contributed by atoms with Crippen molar-refractivity contribution in [1.82, 2.24) is 14.3 Å². The van der Waals surface area contributed by atoms with Crippen molar-refractivity contribution >= 4 is 10.0 Å². The van der Waals surface area contributed by atoms with E-state index in [2.05, 4.69) is 23.8 Å². The maximum atomic E-state index is 12.3. The Kier molecular flexibility index (Phi) is 3.27. The van der Waals surface area contributed by atoms with Gasteiger partial charge in [-0.2, -0.15) is 4.31 Å². The maximum absolute atomic E-state index is 12.3. The van der Waals surface area contributed by atoms with E-state index in [4.69, 9.17) is 0 Å². The molecule has 0 bridgehead atoms. The summed E-state index contributed by atoms with van der Waals surface area (Å²) in [7, 11) is -3.37. The molecule has 1 saturated heterocycles. The average molecular weight is 257 g/mol. The first-order valence-electron chi connectivity index (χ1n) is 5.93. The van der Waals surface area contributed by atoms with Crippen molar-refractivity contribution in [3.63, 3.8) is 0 Å². The molecule has 1 fully saturated rings. The molecule has 0 amide bonds. The van der Waals surface area contributed by atoms with Crippen molar-refractivity contribution < 1.29 is 8.42 Å². The standard InChI is InChI=1S/C11H19N3O2S/c1-8(2)10-4-5-14(7-10)17(15,16)11-6-12-9(3)13-11/h6,8,10H,4-5,7H2,1-3H3,(H,12,13). The van der Waals surface area contributed by atoms with Gasteiger partial charge < -0.3 is 4.98 Å². The van der Waals surface area contributed by atoms with Gasteiger partial charge in [-0.25, -0.2) is 13.4 Å². The molecule has 6 heteroatoms. The van der Waals surface area contributed by atoms with Crippen LogP contribution in [0.15, 0.2) is 11.2 Å². The Morgan fingerprint density at radius 2 is 2.24 bits per heavy atom. The molecule has 0 saturated carbocycles. The van der Waals surface area contributed by atoms with Crippen molar-refractivity contribution in [2.45, 2.75) is 32.2 Å². The van der Waals surface area contributed by atoms with Crippen LogP contribution in [0.1, 0.15) is 26.1 Å². The van der Waals surface area contributed by atoms with Crippen molar-refractivity contribution in [1.29, 1.82) is 0 Å². The van der Waals surface area contributed by atoms with Gasteiger partial charge in [0.15, 0.2) is 5.03 Å². The monoisotopic (exact) mass is 257 g/mol. The number of hydrogen-bond acceptors (Lipinski definition) is 3. The third-order valence-electron chi connectivity index (χ3n) is 3.43. The first-order valence-corrected chi connectivity index (χ1v) is 7.37. The zero-order valence-electron chi connectivity index (χ0n) is 10.5. The second-order valence-corrected chi connectivity index (χ2v) is 6.90. The number of imidazole rings is 1. The molecular weight excluding hydrogens is 238 g/mol. The second kappa shape index (κ2) is 4.42. The van der Waals surface area contributed by atoms with Crippen LogP contribution in [0.25, 0.3) is 0 Å². The summed E-state index contributed by atoms with van der Waals surface area (Å²) in [6, 6.07) is 0. The minimum absolute atomic E-state index is 0.208. The molecular formula is C11H19N3O2S.